The number of carbonyl (C=O) groups excluding carboxylic acids is 1. The van der Waals surface area contributed by atoms with Crippen molar-refractivity contribution in [3.05, 3.63) is 82.0 Å². The maximum Gasteiger partial charge on any atom is 0.344 e. The van der Waals surface area contributed by atoms with Gasteiger partial charge in [-0.15, -0.1) is 21.5 Å². The van der Waals surface area contributed by atoms with Crippen molar-refractivity contribution in [2.75, 3.05) is 12.4 Å². The molecule has 0 saturated heterocycles. The van der Waals surface area contributed by atoms with E-state index in [4.69, 9.17) is 4.74 Å². The Labute approximate surface area is 206 Å². The molecule has 0 atom stereocenters. The number of aryl methyl sites for hydroxylation is 2. The van der Waals surface area contributed by atoms with E-state index in [-0.39, 0.29) is 23.7 Å². The van der Waals surface area contributed by atoms with Crippen molar-refractivity contribution in [1.82, 2.24) is 19.7 Å². The van der Waals surface area contributed by atoms with E-state index >= 15 is 0 Å². The largest absolute Gasteiger partial charge is 0.510 e. The monoisotopic (exact) mass is 492 g/mol. The fraction of sp³-hybridized carbons (Fsp3) is 0.200. The molecule has 7 nitrogen and oxygen atoms in total. The van der Waals surface area contributed by atoms with Crippen molar-refractivity contribution in [1.29, 1.82) is 0 Å². The summed E-state index contributed by atoms with van der Waals surface area (Å²) in [4.78, 5) is 17.0. The van der Waals surface area contributed by atoms with Gasteiger partial charge in [-0.1, -0.05) is 59.8 Å². The molecule has 0 radical (unpaired) electrons. The predicted molar refractivity (Wildman–Crippen MR) is 135 cm³/mol. The summed E-state index contributed by atoms with van der Waals surface area (Å²) in [5.74, 6) is 0.0833. The average molecular weight is 493 g/mol. The maximum absolute atomic E-state index is 12.6. The standard InChI is InChI=1S/C25H24N4O3S2/c1-4-32-24(31)21(23-26-17(3)14-33-23)20(30)15-34-25-28-27-22(18-8-6-5-7-9-18)29(25)19-12-10-16(2)11-13-19/h5-14,30H,4,15H2,1-3H3/b21-20-. The van der Waals surface area contributed by atoms with Gasteiger partial charge in [0.1, 0.15) is 16.3 Å². The first-order valence-corrected chi connectivity index (χ1v) is 12.6. The zero-order chi connectivity index (χ0) is 24.1. The van der Waals surface area contributed by atoms with Crippen molar-refractivity contribution < 1.29 is 14.6 Å². The minimum atomic E-state index is -0.597. The van der Waals surface area contributed by atoms with Gasteiger partial charge < -0.3 is 9.84 Å². The molecule has 4 rings (SSSR count). The molecular weight excluding hydrogens is 468 g/mol. The lowest BCUT2D eigenvalue weighted by atomic mass is 10.2. The number of aliphatic hydroxyl groups excluding tert-OH is 1. The fourth-order valence-electron chi connectivity index (χ4n) is 3.27. The zero-order valence-corrected chi connectivity index (χ0v) is 20.7. The van der Waals surface area contributed by atoms with Crippen molar-refractivity contribution in [3.8, 4) is 17.1 Å². The Morgan fingerprint density at radius 1 is 1.09 bits per heavy atom. The van der Waals surface area contributed by atoms with E-state index in [2.05, 4.69) is 15.2 Å². The van der Waals surface area contributed by atoms with Crippen LogP contribution in [0.4, 0.5) is 0 Å². The Balaban J connectivity index is 1.71. The molecule has 4 aromatic rings. The number of rotatable bonds is 8. The highest BCUT2D eigenvalue weighted by atomic mass is 32.2. The van der Waals surface area contributed by atoms with Crippen molar-refractivity contribution >= 4 is 34.6 Å². The van der Waals surface area contributed by atoms with Crippen LogP contribution in [0, 0.1) is 13.8 Å². The van der Waals surface area contributed by atoms with E-state index in [1.54, 1.807) is 6.92 Å². The highest BCUT2D eigenvalue weighted by Crippen LogP contribution is 2.31. The van der Waals surface area contributed by atoms with E-state index in [1.165, 1.54) is 23.1 Å². The number of hydrogen-bond acceptors (Lipinski definition) is 8. The van der Waals surface area contributed by atoms with Crippen LogP contribution < -0.4 is 0 Å². The molecule has 174 valence electrons. The highest BCUT2D eigenvalue weighted by molar-refractivity contribution is 7.99. The van der Waals surface area contributed by atoms with E-state index in [9.17, 15) is 9.90 Å². The number of benzene rings is 2. The van der Waals surface area contributed by atoms with Gasteiger partial charge in [-0.3, -0.25) is 4.57 Å². The third-order valence-electron chi connectivity index (χ3n) is 4.90. The Bertz CT molecular complexity index is 1310. The van der Waals surface area contributed by atoms with Gasteiger partial charge in [0.05, 0.1) is 12.4 Å². The summed E-state index contributed by atoms with van der Waals surface area (Å²) >= 11 is 2.58. The number of ether oxygens (including phenoxy) is 1. The molecule has 9 heteroatoms. The molecule has 0 fully saturated rings. The third-order valence-corrected chi connectivity index (χ3v) is 6.81. The number of nitrogens with zero attached hydrogens (tertiary/aromatic N) is 4. The molecule has 2 aromatic heterocycles. The van der Waals surface area contributed by atoms with E-state index in [1.807, 2.05) is 78.4 Å². The van der Waals surface area contributed by atoms with Gasteiger partial charge in [0.2, 0.25) is 0 Å². The molecule has 0 aliphatic rings. The molecule has 34 heavy (non-hydrogen) atoms. The number of carbonyl (C=O) groups is 1. The van der Waals surface area contributed by atoms with E-state index in [0.717, 1.165) is 22.5 Å². The third kappa shape index (κ3) is 5.21. The molecule has 0 saturated carbocycles. The van der Waals surface area contributed by atoms with Crippen LogP contribution in [-0.2, 0) is 9.53 Å². The van der Waals surface area contributed by atoms with Gasteiger partial charge in [-0.25, -0.2) is 9.78 Å². The van der Waals surface area contributed by atoms with E-state index in [0.29, 0.717) is 16.0 Å². The lowest BCUT2D eigenvalue weighted by Gasteiger charge is -2.11. The molecular formula is C25H24N4O3S2. The van der Waals surface area contributed by atoms with Crippen LogP contribution >= 0.6 is 23.1 Å². The van der Waals surface area contributed by atoms with Gasteiger partial charge in [0.25, 0.3) is 0 Å². The Hall–Kier alpha value is -3.43. The van der Waals surface area contributed by atoms with Crippen LogP contribution in [0.2, 0.25) is 0 Å². The van der Waals surface area contributed by atoms with Gasteiger partial charge >= 0.3 is 5.97 Å². The van der Waals surface area contributed by atoms with Gasteiger partial charge in [-0.2, -0.15) is 0 Å². The second-order valence-electron chi connectivity index (χ2n) is 7.47. The van der Waals surface area contributed by atoms with Crippen LogP contribution in [0.25, 0.3) is 22.6 Å². The molecule has 2 heterocycles. The molecule has 0 spiro atoms. The minimum absolute atomic E-state index is 0.0807. The van der Waals surface area contributed by atoms with Gasteiger partial charge in [0, 0.05) is 22.3 Å². The summed E-state index contributed by atoms with van der Waals surface area (Å²) in [5.41, 5.74) is 3.82. The molecule has 0 bridgehead atoms. The minimum Gasteiger partial charge on any atom is -0.510 e. The fourth-order valence-corrected chi connectivity index (χ4v) is 4.95. The first-order valence-electron chi connectivity index (χ1n) is 10.7. The summed E-state index contributed by atoms with van der Waals surface area (Å²) in [6.45, 7) is 5.80. The van der Waals surface area contributed by atoms with Crippen LogP contribution in [-0.4, -0.2) is 43.2 Å². The smallest absolute Gasteiger partial charge is 0.344 e. The van der Waals surface area contributed by atoms with Gasteiger partial charge in [-0.05, 0) is 32.9 Å². The summed E-state index contributed by atoms with van der Waals surface area (Å²) in [5, 5.41) is 22.6. The summed E-state index contributed by atoms with van der Waals surface area (Å²) in [7, 11) is 0. The Morgan fingerprint density at radius 2 is 1.82 bits per heavy atom. The molecule has 0 amide bonds. The van der Waals surface area contributed by atoms with Crippen molar-refractivity contribution in [3.63, 3.8) is 0 Å². The van der Waals surface area contributed by atoms with E-state index < -0.39 is 5.97 Å². The predicted octanol–water partition coefficient (Wildman–Crippen LogP) is 5.63. The van der Waals surface area contributed by atoms with Crippen LogP contribution in [0.1, 0.15) is 23.2 Å². The number of aliphatic hydroxyl groups is 1. The van der Waals surface area contributed by atoms with Crippen molar-refractivity contribution in [2.45, 2.75) is 25.9 Å². The number of esters is 1. The first-order chi connectivity index (χ1) is 16.5. The number of thioether (sulfide) groups is 1. The number of aromatic nitrogens is 4. The normalized spacial score (nSPS) is 11.9. The number of hydrogen-bond donors (Lipinski definition) is 1. The lowest BCUT2D eigenvalue weighted by Crippen LogP contribution is -2.10. The molecule has 1 N–H and O–H groups in total. The zero-order valence-electron chi connectivity index (χ0n) is 19.1. The number of thiazole rings is 1. The second kappa shape index (κ2) is 10.7. The maximum atomic E-state index is 12.6. The van der Waals surface area contributed by atoms with Gasteiger partial charge in [0.15, 0.2) is 11.0 Å². The Kier molecular flexibility index (Phi) is 7.44. The summed E-state index contributed by atoms with van der Waals surface area (Å²) < 4.78 is 7.12. The highest BCUT2D eigenvalue weighted by Gasteiger charge is 2.23. The van der Waals surface area contributed by atoms with Crippen molar-refractivity contribution in [2.24, 2.45) is 0 Å². The first kappa shape index (κ1) is 23.7. The lowest BCUT2D eigenvalue weighted by molar-refractivity contribution is -0.136. The average Bonchev–Trinajstić information content (AvgIpc) is 3.45. The molecule has 0 aliphatic carbocycles. The Morgan fingerprint density at radius 3 is 2.47 bits per heavy atom. The topological polar surface area (TPSA) is 90.1 Å². The van der Waals surface area contributed by atoms with Crippen LogP contribution in [0.5, 0.6) is 0 Å². The van der Waals surface area contributed by atoms with Crippen LogP contribution in [0.3, 0.4) is 0 Å². The molecule has 0 aliphatic heterocycles. The molecule has 2 aromatic carbocycles. The molecule has 0 unspecified atom stereocenters. The van der Waals surface area contributed by atoms with Crippen LogP contribution in [0.15, 0.2) is 70.9 Å². The summed E-state index contributed by atoms with van der Waals surface area (Å²) in [6, 6.07) is 17.9. The summed E-state index contributed by atoms with van der Waals surface area (Å²) in [6.07, 6.45) is 0. The second-order valence-corrected chi connectivity index (χ2v) is 9.27. The quantitative estimate of drug-likeness (QED) is 0.147. The SMILES string of the molecule is CCOC(=O)/C(=C(\O)CSc1nnc(-c2ccccc2)n1-c1ccc(C)cc1)c1nc(C)cs1.